The summed E-state index contributed by atoms with van der Waals surface area (Å²) in [6.07, 6.45) is 2.96. The van der Waals surface area contributed by atoms with Crippen LogP contribution in [0, 0.1) is 0 Å². The standard InChI is InChI=1S/C12H21NO3/c1-11(2,3)16-10(15)13-7-6-12(13)5-4-9(14)8-12/h9,14H,4-8H2,1-3H3. The van der Waals surface area contributed by atoms with Gasteiger partial charge in [-0.3, -0.25) is 0 Å². The highest BCUT2D eigenvalue weighted by Gasteiger charge is 2.52. The van der Waals surface area contributed by atoms with Gasteiger partial charge in [0.25, 0.3) is 0 Å². The van der Waals surface area contributed by atoms with E-state index in [9.17, 15) is 9.90 Å². The number of hydrogen-bond donors (Lipinski definition) is 1. The minimum absolute atomic E-state index is 0.0955. The molecule has 0 radical (unpaired) electrons. The van der Waals surface area contributed by atoms with Gasteiger partial charge in [0.05, 0.1) is 11.6 Å². The van der Waals surface area contributed by atoms with Crippen molar-refractivity contribution in [2.75, 3.05) is 6.54 Å². The summed E-state index contributed by atoms with van der Waals surface area (Å²) in [6.45, 7) is 6.39. The van der Waals surface area contributed by atoms with E-state index in [-0.39, 0.29) is 17.7 Å². The summed E-state index contributed by atoms with van der Waals surface area (Å²) < 4.78 is 5.37. The second kappa shape index (κ2) is 3.62. The minimum atomic E-state index is -0.439. The third-order valence-electron chi connectivity index (χ3n) is 3.55. The SMILES string of the molecule is CC(C)(C)OC(=O)N1CCC12CCC(O)C2. The largest absolute Gasteiger partial charge is 0.444 e. The first-order valence-electron chi connectivity index (χ1n) is 6.01. The lowest BCUT2D eigenvalue weighted by molar-refractivity contribution is -0.0458. The number of amides is 1. The van der Waals surface area contributed by atoms with Crippen LogP contribution in [0.25, 0.3) is 0 Å². The summed E-state index contributed by atoms with van der Waals surface area (Å²) in [6, 6.07) is 0. The van der Waals surface area contributed by atoms with Gasteiger partial charge in [0.1, 0.15) is 5.60 Å². The topological polar surface area (TPSA) is 49.8 Å². The van der Waals surface area contributed by atoms with Gasteiger partial charge in [0.15, 0.2) is 0 Å². The second-order valence-corrected chi connectivity index (χ2v) is 6.00. The highest BCUT2D eigenvalue weighted by atomic mass is 16.6. The van der Waals surface area contributed by atoms with Crippen LogP contribution in [0.3, 0.4) is 0 Å². The van der Waals surface area contributed by atoms with Gasteiger partial charge in [-0.25, -0.2) is 4.79 Å². The Morgan fingerprint density at radius 3 is 2.50 bits per heavy atom. The summed E-state index contributed by atoms with van der Waals surface area (Å²) >= 11 is 0. The fourth-order valence-electron chi connectivity index (χ4n) is 2.69. The van der Waals surface area contributed by atoms with Crippen molar-refractivity contribution in [3.05, 3.63) is 0 Å². The van der Waals surface area contributed by atoms with E-state index < -0.39 is 5.60 Å². The second-order valence-electron chi connectivity index (χ2n) is 6.00. The molecule has 2 unspecified atom stereocenters. The number of carbonyl (C=O) groups is 1. The number of hydrogen-bond acceptors (Lipinski definition) is 3. The Bertz CT molecular complexity index is 297. The Morgan fingerprint density at radius 1 is 1.44 bits per heavy atom. The molecule has 1 aliphatic heterocycles. The molecule has 0 aromatic carbocycles. The number of aliphatic hydroxyl groups excluding tert-OH is 1. The third kappa shape index (κ3) is 2.03. The average Bonchev–Trinajstić information content (AvgIpc) is 2.44. The van der Waals surface area contributed by atoms with E-state index in [1.165, 1.54) is 0 Å². The van der Waals surface area contributed by atoms with Crippen LogP contribution >= 0.6 is 0 Å². The summed E-state index contributed by atoms with van der Waals surface area (Å²) in [5.41, 5.74) is -0.535. The van der Waals surface area contributed by atoms with Crippen LogP contribution < -0.4 is 0 Å². The molecule has 2 rings (SSSR count). The quantitative estimate of drug-likeness (QED) is 0.687. The fourth-order valence-corrected chi connectivity index (χ4v) is 2.69. The zero-order chi connectivity index (χ0) is 12.0. The Kier molecular flexibility index (Phi) is 2.65. The molecular formula is C12H21NO3. The molecule has 2 aliphatic rings. The number of carbonyl (C=O) groups excluding carboxylic acids is 1. The number of ether oxygens (including phenoxy) is 1. The minimum Gasteiger partial charge on any atom is -0.444 e. The van der Waals surface area contributed by atoms with Gasteiger partial charge in [-0.1, -0.05) is 0 Å². The van der Waals surface area contributed by atoms with Gasteiger partial charge >= 0.3 is 6.09 Å². The van der Waals surface area contributed by atoms with Gasteiger partial charge < -0.3 is 14.7 Å². The van der Waals surface area contributed by atoms with Crippen LogP contribution in [-0.2, 0) is 4.74 Å². The van der Waals surface area contributed by atoms with E-state index in [1.54, 1.807) is 4.90 Å². The normalized spacial score (nSPS) is 34.0. The maximum absolute atomic E-state index is 11.9. The maximum Gasteiger partial charge on any atom is 0.410 e. The summed E-state index contributed by atoms with van der Waals surface area (Å²) in [4.78, 5) is 13.7. The zero-order valence-electron chi connectivity index (χ0n) is 10.3. The molecule has 16 heavy (non-hydrogen) atoms. The molecule has 2 fully saturated rings. The molecular weight excluding hydrogens is 206 g/mol. The van der Waals surface area contributed by atoms with Crippen LogP contribution in [-0.4, -0.2) is 39.9 Å². The van der Waals surface area contributed by atoms with Crippen LogP contribution in [0.1, 0.15) is 46.5 Å². The monoisotopic (exact) mass is 227 g/mol. The Morgan fingerprint density at radius 2 is 2.12 bits per heavy atom. The fraction of sp³-hybridized carbons (Fsp3) is 0.917. The van der Waals surface area contributed by atoms with Crippen molar-refractivity contribution in [1.82, 2.24) is 4.90 Å². The summed E-state index contributed by atoms with van der Waals surface area (Å²) in [5, 5.41) is 9.58. The molecule has 1 saturated carbocycles. The first kappa shape index (κ1) is 11.7. The van der Waals surface area contributed by atoms with Crippen molar-refractivity contribution in [2.24, 2.45) is 0 Å². The molecule has 1 heterocycles. The van der Waals surface area contributed by atoms with E-state index in [4.69, 9.17) is 4.74 Å². The Labute approximate surface area is 96.6 Å². The van der Waals surface area contributed by atoms with Crippen LogP contribution in [0.4, 0.5) is 4.79 Å². The van der Waals surface area contributed by atoms with E-state index >= 15 is 0 Å². The highest BCUT2D eigenvalue weighted by Crippen LogP contribution is 2.45. The van der Waals surface area contributed by atoms with Crippen LogP contribution in [0.5, 0.6) is 0 Å². The molecule has 0 aromatic heterocycles. The van der Waals surface area contributed by atoms with Crippen LogP contribution in [0.2, 0.25) is 0 Å². The lowest BCUT2D eigenvalue weighted by atomic mass is 9.83. The van der Waals surface area contributed by atoms with Gasteiger partial charge in [-0.2, -0.15) is 0 Å². The molecule has 1 spiro atoms. The highest BCUT2D eigenvalue weighted by molar-refractivity contribution is 5.70. The van der Waals surface area contributed by atoms with Crippen molar-refractivity contribution in [2.45, 2.75) is 63.7 Å². The number of nitrogens with zero attached hydrogens (tertiary/aromatic N) is 1. The molecule has 1 aliphatic carbocycles. The van der Waals surface area contributed by atoms with Crippen molar-refractivity contribution in [1.29, 1.82) is 0 Å². The molecule has 4 heteroatoms. The average molecular weight is 227 g/mol. The lowest BCUT2D eigenvalue weighted by Crippen LogP contribution is -2.61. The number of likely N-dealkylation sites (tertiary alicyclic amines) is 1. The van der Waals surface area contributed by atoms with Crippen molar-refractivity contribution in [3.8, 4) is 0 Å². The lowest BCUT2D eigenvalue weighted by Gasteiger charge is -2.50. The molecule has 1 saturated heterocycles. The predicted octanol–water partition coefficient (Wildman–Crippen LogP) is 1.91. The van der Waals surface area contributed by atoms with Gasteiger partial charge in [0.2, 0.25) is 0 Å². The smallest absolute Gasteiger partial charge is 0.410 e. The maximum atomic E-state index is 11.9. The van der Waals surface area contributed by atoms with E-state index in [1.807, 2.05) is 20.8 Å². The Balaban J connectivity index is 1.98. The zero-order valence-corrected chi connectivity index (χ0v) is 10.3. The van der Waals surface area contributed by atoms with E-state index in [0.29, 0.717) is 6.42 Å². The third-order valence-corrected chi connectivity index (χ3v) is 3.55. The predicted molar refractivity (Wildman–Crippen MR) is 60.1 cm³/mol. The van der Waals surface area contributed by atoms with Crippen LogP contribution in [0.15, 0.2) is 0 Å². The van der Waals surface area contributed by atoms with Crippen molar-refractivity contribution < 1.29 is 14.6 Å². The van der Waals surface area contributed by atoms with Crippen molar-refractivity contribution >= 4 is 6.09 Å². The first-order valence-corrected chi connectivity index (χ1v) is 6.01. The first-order chi connectivity index (χ1) is 7.32. The molecule has 4 nitrogen and oxygen atoms in total. The van der Waals surface area contributed by atoms with Gasteiger partial charge in [-0.15, -0.1) is 0 Å². The Hall–Kier alpha value is -0.770. The van der Waals surface area contributed by atoms with Gasteiger partial charge in [-0.05, 0) is 46.5 Å². The molecule has 1 N–H and O–H groups in total. The molecule has 2 atom stereocenters. The molecule has 0 aromatic rings. The molecule has 1 amide bonds. The molecule has 92 valence electrons. The van der Waals surface area contributed by atoms with E-state index in [2.05, 4.69) is 0 Å². The summed E-state index contributed by atoms with van der Waals surface area (Å²) in [5.74, 6) is 0. The van der Waals surface area contributed by atoms with E-state index in [0.717, 1.165) is 25.8 Å². The number of rotatable bonds is 0. The van der Waals surface area contributed by atoms with Crippen molar-refractivity contribution in [3.63, 3.8) is 0 Å². The molecule has 0 bridgehead atoms. The van der Waals surface area contributed by atoms with Gasteiger partial charge in [0, 0.05) is 6.54 Å². The summed E-state index contributed by atoms with van der Waals surface area (Å²) in [7, 11) is 0. The number of aliphatic hydroxyl groups is 1.